The normalized spacial score (nSPS) is 26.1. The molecular weight excluding hydrogens is 180 g/mol. The zero-order valence-corrected chi connectivity index (χ0v) is 9.20. The predicted octanol–water partition coefficient (Wildman–Crippen LogP) is 3.84. The van der Waals surface area contributed by atoms with Crippen molar-refractivity contribution in [3.05, 3.63) is 0 Å². The first-order valence-electron chi connectivity index (χ1n) is 5.48. The minimum Gasteiger partial charge on any atom is -0.450 e. The Labute approximate surface area is 86.1 Å². The lowest BCUT2D eigenvalue weighted by Crippen LogP contribution is -2.12. The highest BCUT2D eigenvalue weighted by Gasteiger charge is 2.17. The standard InChI is InChI=1S/C10H20.CH2O3/c1-3-5-10-7-4-6-9(2)8-10;2-1(3)4/h9-10H,3-8H2,1-2H3;(H2,2,3,4). The summed E-state index contributed by atoms with van der Waals surface area (Å²) in [5.41, 5.74) is 0. The lowest BCUT2D eigenvalue weighted by molar-refractivity contribution is 0.137. The monoisotopic (exact) mass is 202 g/mol. The average molecular weight is 202 g/mol. The van der Waals surface area contributed by atoms with Crippen molar-refractivity contribution >= 4 is 6.16 Å². The minimum absolute atomic E-state index is 1.02. The first-order valence-corrected chi connectivity index (χ1v) is 5.48. The van der Waals surface area contributed by atoms with Crippen molar-refractivity contribution in [2.24, 2.45) is 11.8 Å². The van der Waals surface area contributed by atoms with Gasteiger partial charge in [0.15, 0.2) is 0 Å². The third-order valence-corrected chi connectivity index (χ3v) is 2.74. The molecule has 0 aromatic rings. The average Bonchev–Trinajstić information content (AvgIpc) is 2.03. The molecule has 0 bridgehead atoms. The van der Waals surface area contributed by atoms with Crippen molar-refractivity contribution in [3.63, 3.8) is 0 Å². The Hall–Kier alpha value is -0.730. The fourth-order valence-corrected chi connectivity index (χ4v) is 2.23. The first-order chi connectivity index (χ1) is 6.56. The molecule has 1 rings (SSSR count). The van der Waals surface area contributed by atoms with Crippen molar-refractivity contribution in [1.29, 1.82) is 0 Å². The Balaban J connectivity index is 0.000000364. The molecule has 1 aliphatic carbocycles. The van der Waals surface area contributed by atoms with Crippen LogP contribution in [0, 0.1) is 11.8 Å². The van der Waals surface area contributed by atoms with Crippen molar-refractivity contribution in [2.45, 2.75) is 52.4 Å². The van der Waals surface area contributed by atoms with Crippen LogP contribution in [0.25, 0.3) is 0 Å². The minimum atomic E-state index is -1.83. The van der Waals surface area contributed by atoms with E-state index in [4.69, 9.17) is 15.0 Å². The van der Waals surface area contributed by atoms with Gasteiger partial charge in [0, 0.05) is 0 Å². The summed E-state index contributed by atoms with van der Waals surface area (Å²) < 4.78 is 0. The largest absolute Gasteiger partial charge is 0.503 e. The van der Waals surface area contributed by atoms with E-state index in [2.05, 4.69) is 13.8 Å². The fraction of sp³-hybridized carbons (Fsp3) is 0.909. The Bertz CT molecular complexity index is 151. The second-order valence-corrected chi connectivity index (χ2v) is 4.21. The van der Waals surface area contributed by atoms with Gasteiger partial charge in [-0.05, 0) is 18.3 Å². The topological polar surface area (TPSA) is 57.5 Å². The Morgan fingerprint density at radius 1 is 1.36 bits per heavy atom. The molecule has 3 nitrogen and oxygen atoms in total. The summed E-state index contributed by atoms with van der Waals surface area (Å²) in [6.45, 7) is 4.71. The smallest absolute Gasteiger partial charge is 0.450 e. The summed E-state index contributed by atoms with van der Waals surface area (Å²) in [5, 5.41) is 13.9. The van der Waals surface area contributed by atoms with Crippen LogP contribution in [-0.4, -0.2) is 16.4 Å². The van der Waals surface area contributed by atoms with Gasteiger partial charge in [0.1, 0.15) is 0 Å². The number of hydrogen-bond donors (Lipinski definition) is 2. The zero-order valence-electron chi connectivity index (χ0n) is 9.20. The number of hydrogen-bond acceptors (Lipinski definition) is 1. The van der Waals surface area contributed by atoms with Crippen LogP contribution in [0.1, 0.15) is 52.4 Å². The van der Waals surface area contributed by atoms with Gasteiger partial charge in [0.05, 0.1) is 0 Å². The predicted molar refractivity (Wildman–Crippen MR) is 56.7 cm³/mol. The van der Waals surface area contributed by atoms with E-state index < -0.39 is 6.16 Å². The molecule has 14 heavy (non-hydrogen) atoms. The van der Waals surface area contributed by atoms with E-state index in [0.29, 0.717) is 0 Å². The van der Waals surface area contributed by atoms with Crippen LogP contribution in [0.5, 0.6) is 0 Å². The van der Waals surface area contributed by atoms with E-state index in [9.17, 15) is 0 Å². The van der Waals surface area contributed by atoms with Gasteiger partial charge in [-0.2, -0.15) is 0 Å². The quantitative estimate of drug-likeness (QED) is 0.715. The first kappa shape index (κ1) is 13.3. The Morgan fingerprint density at radius 3 is 2.36 bits per heavy atom. The van der Waals surface area contributed by atoms with Crippen LogP contribution in [0.3, 0.4) is 0 Å². The molecule has 0 aromatic carbocycles. The Kier molecular flexibility index (Phi) is 7.25. The molecule has 1 aliphatic rings. The highest BCUT2D eigenvalue weighted by Crippen LogP contribution is 2.31. The van der Waals surface area contributed by atoms with Crippen LogP contribution >= 0.6 is 0 Å². The molecule has 0 aliphatic heterocycles. The lowest BCUT2D eigenvalue weighted by Gasteiger charge is -2.26. The van der Waals surface area contributed by atoms with Crippen LogP contribution in [0.15, 0.2) is 0 Å². The van der Waals surface area contributed by atoms with E-state index in [1.807, 2.05) is 0 Å². The van der Waals surface area contributed by atoms with E-state index in [1.54, 1.807) is 0 Å². The molecule has 0 aromatic heterocycles. The van der Waals surface area contributed by atoms with Crippen LogP contribution < -0.4 is 0 Å². The van der Waals surface area contributed by atoms with E-state index in [1.165, 1.54) is 38.5 Å². The van der Waals surface area contributed by atoms with Crippen molar-refractivity contribution in [2.75, 3.05) is 0 Å². The van der Waals surface area contributed by atoms with Crippen molar-refractivity contribution in [3.8, 4) is 0 Å². The van der Waals surface area contributed by atoms with Crippen molar-refractivity contribution in [1.82, 2.24) is 0 Å². The molecular formula is C11H22O3. The van der Waals surface area contributed by atoms with E-state index >= 15 is 0 Å². The van der Waals surface area contributed by atoms with Gasteiger partial charge in [-0.25, -0.2) is 4.79 Å². The molecule has 1 saturated carbocycles. The summed E-state index contributed by atoms with van der Waals surface area (Å²) in [7, 11) is 0. The van der Waals surface area contributed by atoms with Gasteiger partial charge in [0.25, 0.3) is 0 Å². The van der Waals surface area contributed by atoms with Crippen LogP contribution in [0.4, 0.5) is 4.79 Å². The van der Waals surface area contributed by atoms with Crippen LogP contribution in [-0.2, 0) is 0 Å². The number of carboxylic acid groups (broad SMARTS) is 2. The molecule has 1 fully saturated rings. The van der Waals surface area contributed by atoms with E-state index in [0.717, 1.165) is 11.8 Å². The molecule has 0 spiro atoms. The van der Waals surface area contributed by atoms with Gasteiger partial charge < -0.3 is 10.2 Å². The molecule has 0 radical (unpaired) electrons. The molecule has 2 N–H and O–H groups in total. The summed E-state index contributed by atoms with van der Waals surface area (Å²) >= 11 is 0. The second-order valence-electron chi connectivity index (χ2n) is 4.21. The number of carbonyl (C=O) groups is 1. The lowest BCUT2D eigenvalue weighted by atomic mass is 9.80. The maximum atomic E-state index is 8.56. The molecule has 3 heteroatoms. The highest BCUT2D eigenvalue weighted by atomic mass is 16.6. The number of rotatable bonds is 2. The third-order valence-electron chi connectivity index (χ3n) is 2.74. The fourth-order valence-electron chi connectivity index (χ4n) is 2.23. The highest BCUT2D eigenvalue weighted by molar-refractivity contribution is 5.53. The maximum absolute atomic E-state index is 8.56. The Morgan fingerprint density at radius 2 is 1.93 bits per heavy atom. The van der Waals surface area contributed by atoms with Gasteiger partial charge in [-0.1, -0.05) is 46.0 Å². The van der Waals surface area contributed by atoms with Gasteiger partial charge >= 0.3 is 6.16 Å². The van der Waals surface area contributed by atoms with Gasteiger partial charge in [-0.3, -0.25) is 0 Å². The molecule has 0 saturated heterocycles. The van der Waals surface area contributed by atoms with E-state index in [-0.39, 0.29) is 0 Å². The maximum Gasteiger partial charge on any atom is 0.503 e. The van der Waals surface area contributed by atoms with Crippen LogP contribution in [0.2, 0.25) is 0 Å². The third kappa shape index (κ3) is 7.90. The summed E-state index contributed by atoms with van der Waals surface area (Å²) in [6, 6.07) is 0. The van der Waals surface area contributed by atoms with Gasteiger partial charge in [0.2, 0.25) is 0 Å². The molecule has 84 valence electrons. The summed E-state index contributed by atoms with van der Waals surface area (Å²) in [4.78, 5) is 8.56. The summed E-state index contributed by atoms with van der Waals surface area (Å²) in [5.74, 6) is 2.10. The molecule has 0 heterocycles. The molecule has 2 atom stereocenters. The van der Waals surface area contributed by atoms with Crippen molar-refractivity contribution < 1.29 is 15.0 Å². The van der Waals surface area contributed by atoms with Gasteiger partial charge in [-0.15, -0.1) is 0 Å². The second kappa shape index (κ2) is 7.65. The molecule has 2 unspecified atom stereocenters. The zero-order chi connectivity index (χ0) is 11.0. The molecule has 0 amide bonds. The SMILES string of the molecule is CCCC1CCCC(C)C1.O=C(O)O. The summed E-state index contributed by atoms with van der Waals surface area (Å²) in [6.07, 6.45) is 7.03.